The third-order valence-corrected chi connectivity index (χ3v) is 9.65. The van der Waals surface area contributed by atoms with Crippen molar-refractivity contribution in [1.82, 2.24) is 20.5 Å². The molecule has 270 valence electrons. The Kier molecular flexibility index (Phi) is 10.2. The number of carbonyl (C=O) groups is 4. The third-order valence-electron chi connectivity index (χ3n) is 9.65. The Morgan fingerprint density at radius 1 is 1.06 bits per heavy atom. The Labute approximate surface area is 297 Å². The van der Waals surface area contributed by atoms with E-state index in [1.807, 2.05) is 66.7 Å². The molecule has 3 heterocycles. The average Bonchev–Trinajstić information content (AvgIpc) is 3.63. The normalized spacial score (nSPS) is 26.1. The monoisotopic (exact) mass is 698 g/mol. The van der Waals surface area contributed by atoms with Gasteiger partial charge in [0.15, 0.2) is 0 Å². The summed E-state index contributed by atoms with van der Waals surface area (Å²) in [6, 6.07) is 15.0. The van der Waals surface area contributed by atoms with Crippen molar-refractivity contribution in [3.05, 3.63) is 66.7 Å². The van der Waals surface area contributed by atoms with Gasteiger partial charge in [-0.1, -0.05) is 55.3 Å². The van der Waals surface area contributed by atoms with Gasteiger partial charge >= 0.3 is 12.1 Å². The van der Waals surface area contributed by atoms with Crippen LogP contribution in [0.3, 0.4) is 0 Å². The molecule has 0 bridgehead atoms. The Morgan fingerprint density at radius 3 is 2.57 bits per heavy atom. The maximum atomic E-state index is 14.4. The van der Waals surface area contributed by atoms with Crippen LogP contribution < -0.4 is 20.1 Å². The van der Waals surface area contributed by atoms with Crippen molar-refractivity contribution in [2.24, 2.45) is 5.92 Å². The average molecular weight is 699 g/mol. The molecule has 1 aromatic heterocycles. The summed E-state index contributed by atoms with van der Waals surface area (Å²) in [7, 11) is 1.58. The predicted octanol–water partition coefficient (Wildman–Crippen LogP) is 5.63. The van der Waals surface area contributed by atoms with Gasteiger partial charge in [-0.25, -0.2) is 14.6 Å². The summed E-state index contributed by atoms with van der Waals surface area (Å²) in [5, 5.41) is 16.5. The first-order valence-corrected chi connectivity index (χ1v) is 17.6. The molecule has 2 aliphatic heterocycles. The molecular weight excluding hydrogens is 652 g/mol. The summed E-state index contributed by atoms with van der Waals surface area (Å²) in [4.78, 5) is 60.2. The fourth-order valence-corrected chi connectivity index (χ4v) is 6.93. The quantitative estimate of drug-likeness (QED) is 0.278. The van der Waals surface area contributed by atoms with Crippen LogP contribution in [-0.4, -0.2) is 81.8 Å². The van der Waals surface area contributed by atoms with E-state index in [0.717, 1.165) is 30.2 Å². The van der Waals surface area contributed by atoms with Gasteiger partial charge in [0, 0.05) is 35.4 Å². The van der Waals surface area contributed by atoms with Gasteiger partial charge in [-0.2, -0.15) is 0 Å². The molecule has 3 aliphatic rings. The number of methoxy groups -OCH3 is 1. The van der Waals surface area contributed by atoms with Crippen LogP contribution in [0.25, 0.3) is 22.2 Å². The molecule has 12 nitrogen and oxygen atoms in total. The number of allylic oxidation sites excluding steroid dienone is 1. The van der Waals surface area contributed by atoms with Crippen LogP contribution in [0.2, 0.25) is 0 Å². The van der Waals surface area contributed by atoms with E-state index in [4.69, 9.17) is 19.2 Å². The summed E-state index contributed by atoms with van der Waals surface area (Å²) in [6.45, 7) is 5.26. The molecule has 5 unspecified atom stereocenters. The topological polar surface area (TPSA) is 156 Å². The van der Waals surface area contributed by atoms with Gasteiger partial charge in [-0.3, -0.25) is 9.59 Å². The fourth-order valence-electron chi connectivity index (χ4n) is 6.93. The largest absolute Gasteiger partial charge is 0.497 e. The predicted molar refractivity (Wildman–Crippen MR) is 190 cm³/mol. The number of amides is 3. The standard InChI is InChI=1S/C39H46N4O8/c1-38(2,3)51-37(48)41-29-16-12-7-5-6-11-15-25-22-39(25,36(46)47)42-34(44)32-20-27(23-43(32)35(29)45)50-33-21-30(24-13-9-8-10-14-24)40-31-19-26(49-4)17-18-28(31)33/h8-11,13-15,17-19,21,25,27,29,32H,5-7,12,16,20,22-23H2,1-4H3,(H,41,48)(H,42,44)(H,46,47)/b15-11-. The number of nitrogens with zero attached hydrogens (tertiary/aromatic N) is 2. The molecule has 0 spiro atoms. The third kappa shape index (κ3) is 8.10. The van der Waals surface area contributed by atoms with Crippen molar-refractivity contribution in [3.8, 4) is 22.8 Å². The van der Waals surface area contributed by atoms with Crippen LogP contribution in [0, 0.1) is 5.92 Å². The summed E-state index contributed by atoms with van der Waals surface area (Å²) in [5.74, 6) is -1.35. The zero-order valence-electron chi connectivity index (χ0n) is 29.5. The van der Waals surface area contributed by atoms with Crippen LogP contribution >= 0.6 is 0 Å². The number of hydrogen-bond acceptors (Lipinski definition) is 8. The molecule has 51 heavy (non-hydrogen) atoms. The number of carbonyl (C=O) groups excluding carboxylic acids is 3. The highest BCUT2D eigenvalue weighted by Crippen LogP contribution is 2.45. The SMILES string of the molecule is COc1ccc2c(OC3CC4C(=O)NC5(C(=O)O)CC5/C=C\CCCCCC(NC(=O)OC(C)(C)C)C(=O)N4C3)cc(-c3ccccc3)nc2c1. The molecular formula is C39H46N4O8. The number of nitrogens with one attached hydrogen (secondary N) is 2. The van der Waals surface area contributed by atoms with E-state index in [-0.39, 0.29) is 25.3 Å². The lowest BCUT2D eigenvalue weighted by Crippen LogP contribution is -2.56. The van der Waals surface area contributed by atoms with Gasteiger partial charge in [-0.05, 0) is 58.6 Å². The van der Waals surface area contributed by atoms with Crippen molar-refractivity contribution in [1.29, 1.82) is 0 Å². The number of aromatic nitrogens is 1. The molecule has 1 aliphatic carbocycles. The number of carboxylic acids is 1. The van der Waals surface area contributed by atoms with E-state index in [1.165, 1.54) is 4.90 Å². The van der Waals surface area contributed by atoms with Gasteiger partial charge in [0.1, 0.15) is 40.8 Å². The molecule has 2 aromatic carbocycles. The van der Waals surface area contributed by atoms with E-state index in [9.17, 15) is 24.3 Å². The van der Waals surface area contributed by atoms with Crippen LogP contribution in [0.1, 0.15) is 65.7 Å². The van der Waals surface area contributed by atoms with Crippen molar-refractivity contribution in [2.45, 2.75) is 95.0 Å². The lowest BCUT2D eigenvalue weighted by Gasteiger charge is -2.30. The molecule has 0 radical (unpaired) electrons. The number of benzene rings is 2. The minimum absolute atomic E-state index is 0.0352. The Bertz CT molecular complexity index is 1820. The molecule has 1 saturated carbocycles. The molecule has 1 saturated heterocycles. The van der Waals surface area contributed by atoms with Gasteiger partial charge < -0.3 is 34.9 Å². The van der Waals surface area contributed by atoms with Crippen LogP contribution in [0.4, 0.5) is 4.79 Å². The van der Waals surface area contributed by atoms with Crippen molar-refractivity contribution in [2.75, 3.05) is 13.7 Å². The highest BCUT2D eigenvalue weighted by molar-refractivity contribution is 5.96. The highest BCUT2D eigenvalue weighted by Gasteiger charge is 2.61. The minimum atomic E-state index is -1.44. The van der Waals surface area contributed by atoms with E-state index in [0.29, 0.717) is 35.6 Å². The molecule has 5 atom stereocenters. The number of pyridine rings is 1. The first kappa shape index (κ1) is 35.7. The van der Waals surface area contributed by atoms with Gasteiger partial charge in [0.25, 0.3) is 0 Å². The number of fused-ring (bicyclic) bond motifs is 3. The Hall–Kier alpha value is -5.13. The number of rotatable bonds is 6. The first-order chi connectivity index (χ1) is 24.4. The molecule has 3 aromatic rings. The number of carboxylic acid groups (broad SMARTS) is 1. The van der Waals surface area contributed by atoms with E-state index in [1.54, 1.807) is 27.9 Å². The van der Waals surface area contributed by atoms with Crippen molar-refractivity contribution < 1.29 is 38.5 Å². The van der Waals surface area contributed by atoms with Gasteiger partial charge in [0.05, 0.1) is 24.9 Å². The summed E-state index contributed by atoms with van der Waals surface area (Å²) in [5.41, 5.74) is -0.0312. The number of hydrogen-bond donors (Lipinski definition) is 3. The molecule has 3 N–H and O–H groups in total. The molecule has 3 amide bonds. The Balaban J connectivity index is 1.34. The second-order valence-corrected chi connectivity index (χ2v) is 14.6. The summed E-state index contributed by atoms with van der Waals surface area (Å²) < 4.78 is 17.6. The van der Waals surface area contributed by atoms with Crippen LogP contribution in [0.15, 0.2) is 66.7 Å². The lowest BCUT2D eigenvalue weighted by molar-refractivity contribution is -0.145. The van der Waals surface area contributed by atoms with E-state index in [2.05, 4.69) is 10.6 Å². The van der Waals surface area contributed by atoms with E-state index < -0.39 is 53.2 Å². The van der Waals surface area contributed by atoms with Crippen LogP contribution in [-0.2, 0) is 19.1 Å². The maximum Gasteiger partial charge on any atom is 0.408 e. The van der Waals surface area contributed by atoms with Gasteiger partial charge in [-0.15, -0.1) is 0 Å². The molecule has 12 heteroatoms. The van der Waals surface area contributed by atoms with Crippen molar-refractivity contribution in [3.63, 3.8) is 0 Å². The Morgan fingerprint density at radius 2 is 1.84 bits per heavy atom. The zero-order chi connectivity index (χ0) is 36.3. The number of aliphatic carboxylic acids is 1. The van der Waals surface area contributed by atoms with Gasteiger partial charge in [0.2, 0.25) is 11.8 Å². The molecule has 6 rings (SSSR count). The first-order valence-electron chi connectivity index (χ1n) is 17.6. The molecule has 2 fully saturated rings. The smallest absolute Gasteiger partial charge is 0.408 e. The second-order valence-electron chi connectivity index (χ2n) is 14.6. The second kappa shape index (κ2) is 14.6. The number of ether oxygens (including phenoxy) is 3. The summed E-state index contributed by atoms with van der Waals surface area (Å²) in [6.07, 6.45) is 6.22. The number of alkyl carbamates (subject to hydrolysis) is 1. The maximum absolute atomic E-state index is 14.4. The van der Waals surface area contributed by atoms with Crippen molar-refractivity contribution >= 4 is 34.8 Å². The summed E-state index contributed by atoms with van der Waals surface area (Å²) >= 11 is 0. The zero-order valence-corrected chi connectivity index (χ0v) is 29.5. The lowest BCUT2D eigenvalue weighted by atomic mass is 10.0. The van der Waals surface area contributed by atoms with Crippen LogP contribution in [0.5, 0.6) is 11.5 Å². The fraction of sp³-hybridized carbons (Fsp3) is 0.462. The van der Waals surface area contributed by atoms with E-state index >= 15 is 0 Å². The highest BCUT2D eigenvalue weighted by atomic mass is 16.6. The minimum Gasteiger partial charge on any atom is -0.497 e.